The number of carbonyl (C=O) groups is 1. The summed E-state index contributed by atoms with van der Waals surface area (Å²) in [5.74, 6) is 3.53. The third-order valence-corrected chi connectivity index (χ3v) is 15.9. The van der Waals surface area contributed by atoms with Crippen molar-refractivity contribution in [3.8, 4) is 0 Å². The van der Waals surface area contributed by atoms with Gasteiger partial charge in [0.2, 0.25) is 0 Å². The SMILES string of the molecule is CCCCCCCC[C@@H]1CC[C@@H]2[C@@H]3C[C@H](Br)[C@@]4(Br)C[C@@H](OC(=O)CCCCCC)CC[C@]4(C)[C@H]3CC[C@]12C. The molecule has 0 aliphatic heterocycles. The summed E-state index contributed by atoms with van der Waals surface area (Å²) < 4.78 is 6.12. The molecule has 0 aromatic rings. The highest BCUT2D eigenvalue weighted by atomic mass is 79.9. The smallest absolute Gasteiger partial charge is 0.306 e. The first-order valence-electron chi connectivity index (χ1n) is 16.7. The van der Waals surface area contributed by atoms with E-state index >= 15 is 0 Å². The molecule has 0 radical (unpaired) electrons. The minimum absolute atomic E-state index is 0.0246. The highest BCUT2D eigenvalue weighted by molar-refractivity contribution is 9.12. The van der Waals surface area contributed by atoms with Crippen molar-refractivity contribution >= 4 is 37.8 Å². The van der Waals surface area contributed by atoms with Gasteiger partial charge in [-0.05, 0) is 92.3 Å². The zero-order valence-electron chi connectivity index (χ0n) is 25.2. The maximum Gasteiger partial charge on any atom is 0.306 e. The predicted octanol–water partition coefficient (Wildman–Crippen LogP) is 11.2. The lowest BCUT2D eigenvalue weighted by molar-refractivity contribution is -0.157. The van der Waals surface area contributed by atoms with Crippen LogP contribution in [0.4, 0.5) is 0 Å². The molecule has 0 heterocycles. The van der Waals surface area contributed by atoms with Gasteiger partial charge in [-0.15, -0.1) is 0 Å². The molecule has 4 saturated carbocycles. The largest absolute Gasteiger partial charge is 0.462 e. The van der Waals surface area contributed by atoms with E-state index in [9.17, 15) is 4.79 Å². The average Bonchev–Trinajstić information content (AvgIpc) is 3.22. The van der Waals surface area contributed by atoms with Gasteiger partial charge in [-0.25, -0.2) is 0 Å². The topological polar surface area (TPSA) is 26.3 Å². The number of halogens is 2. The Morgan fingerprint density at radius 1 is 0.842 bits per heavy atom. The van der Waals surface area contributed by atoms with Crippen LogP contribution in [-0.2, 0) is 9.53 Å². The van der Waals surface area contributed by atoms with Crippen molar-refractivity contribution in [1.82, 2.24) is 0 Å². The quantitative estimate of drug-likeness (QED) is 0.112. The molecule has 0 unspecified atom stereocenters. The normalized spacial score (nSPS) is 42.3. The van der Waals surface area contributed by atoms with E-state index in [2.05, 4.69) is 59.6 Å². The molecule has 4 aliphatic carbocycles. The summed E-state index contributed by atoms with van der Waals surface area (Å²) in [5, 5.41) is 0. The first-order chi connectivity index (χ1) is 18.2. The molecule has 9 atom stereocenters. The number of ether oxygens (including phenoxy) is 1. The van der Waals surface area contributed by atoms with Gasteiger partial charge >= 0.3 is 5.97 Å². The van der Waals surface area contributed by atoms with Crippen LogP contribution in [0, 0.1) is 34.5 Å². The summed E-state index contributed by atoms with van der Waals surface area (Å²) in [6.45, 7) is 9.82. The second-order valence-electron chi connectivity index (χ2n) is 14.4. The van der Waals surface area contributed by atoms with Crippen molar-refractivity contribution in [1.29, 1.82) is 0 Å². The standard InChI is InChI=1S/C34H58Br2O2/c1-5-7-9-11-12-13-15-25-17-18-28-27-23-30(35)34(36)24-26(38-31(37)16-14-10-8-6-2)19-22-33(34,4)29(27)20-21-32(25,28)3/h25-30H,5-24H2,1-4H3/t25-,26+,27+,28-,29+,30+,32-,33-,34+/m1/s1. The molecule has 4 heteroatoms. The van der Waals surface area contributed by atoms with Crippen molar-refractivity contribution < 1.29 is 9.53 Å². The number of alkyl halides is 2. The van der Waals surface area contributed by atoms with Crippen LogP contribution >= 0.6 is 31.9 Å². The lowest BCUT2D eigenvalue weighted by Gasteiger charge is -2.65. The molecule has 0 aromatic heterocycles. The van der Waals surface area contributed by atoms with Crippen LogP contribution in [0.2, 0.25) is 0 Å². The maximum atomic E-state index is 12.6. The molecule has 0 saturated heterocycles. The van der Waals surface area contributed by atoms with Gasteiger partial charge in [0, 0.05) is 22.0 Å². The fraction of sp³-hybridized carbons (Fsp3) is 0.971. The van der Waals surface area contributed by atoms with Gasteiger partial charge in [0.1, 0.15) is 6.10 Å². The minimum Gasteiger partial charge on any atom is -0.462 e. The fourth-order valence-electron chi connectivity index (χ4n) is 9.94. The first kappa shape index (κ1) is 31.4. The van der Waals surface area contributed by atoms with E-state index in [1.54, 1.807) is 0 Å². The van der Waals surface area contributed by atoms with Crippen molar-refractivity contribution in [3.05, 3.63) is 0 Å². The minimum atomic E-state index is 0.0246. The highest BCUT2D eigenvalue weighted by Crippen LogP contribution is 2.71. The summed E-state index contributed by atoms with van der Waals surface area (Å²) in [4.78, 5) is 13.1. The zero-order chi connectivity index (χ0) is 27.4. The Morgan fingerprint density at radius 3 is 2.26 bits per heavy atom. The van der Waals surface area contributed by atoms with E-state index in [1.165, 1.54) is 96.3 Å². The summed E-state index contributed by atoms with van der Waals surface area (Å²) in [5.41, 5.74) is 0.831. The highest BCUT2D eigenvalue weighted by Gasteiger charge is 2.66. The van der Waals surface area contributed by atoms with Gasteiger partial charge in [0.05, 0.1) is 0 Å². The van der Waals surface area contributed by atoms with Crippen molar-refractivity contribution in [2.24, 2.45) is 34.5 Å². The van der Waals surface area contributed by atoms with Crippen LogP contribution in [0.5, 0.6) is 0 Å². The second-order valence-corrected chi connectivity index (χ2v) is 16.9. The molecule has 0 amide bonds. The molecule has 4 rings (SSSR count). The van der Waals surface area contributed by atoms with Crippen LogP contribution in [0.25, 0.3) is 0 Å². The monoisotopic (exact) mass is 656 g/mol. The van der Waals surface area contributed by atoms with Gasteiger partial charge in [0.25, 0.3) is 0 Å². The van der Waals surface area contributed by atoms with Crippen molar-refractivity contribution in [2.75, 3.05) is 0 Å². The maximum absolute atomic E-state index is 12.6. The summed E-state index contributed by atoms with van der Waals surface area (Å²) in [6.07, 6.45) is 25.4. The Bertz CT molecular complexity index is 772. The van der Waals surface area contributed by atoms with E-state index in [-0.39, 0.29) is 21.8 Å². The third kappa shape index (κ3) is 6.27. The lowest BCUT2D eigenvalue weighted by Crippen LogP contribution is -2.64. The number of esters is 1. The van der Waals surface area contributed by atoms with Gasteiger partial charge in [-0.3, -0.25) is 4.79 Å². The average molecular weight is 659 g/mol. The number of carbonyl (C=O) groups excluding carboxylic acids is 1. The zero-order valence-corrected chi connectivity index (χ0v) is 28.4. The first-order valence-corrected chi connectivity index (χ1v) is 18.4. The second kappa shape index (κ2) is 13.6. The van der Waals surface area contributed by atoms with Crippen LogP contribution in [0.1, 0.15) is 156 Å². The van der Waals surface area contributed by atoms with E-state index in [0.717, 1.165) is 49.4 Å². The molecule has 0 N–H and O–H groups in total. The lowest BCUT2D eigenvalue weighted by atomic mass is 9.44. The van der Waals surface area contributed by atoms with E-state index in [0.29, 0.717) is 16.7 Å². The fourth-order valence-corrected chi connectivity index (χ4v) is 12.1. The molecule has 4 fully saturated rings. The van der Waals surface area contributed by atoms with Crippen LogP contribution in [-0.4, -0.2) is 21.2 Å². The van der Waals surface area contributed by atoms with Crippen LogP contribution in [0.15, 0.2) is 0 Å². The number of hydrogen-bond acceptors (Lipinski definition) is 2. The molecule has 2 nitrogen and oxygen atoms in total. The predicted molar refractivity (Wildman–Crippen MR) is 168 cm³/mol. The summed E-state index contributed by atoms with van der Waals surface area (Å²) in [6, 6.07) is 0. The van der Waals surface area contributed by atoms with Gasteiger partial charge in [-0.1, -0.05) is 117 Å². The van der Waals surface area contributed by atoms with E-state index < -0.39 is 0 Å². The number of fused-ring (bicyclic) bond motifs is 5. The number of hydrogen-bond donors (Lipinski definition) is 0. The van der Waals surface area contributed by atoms with Gasteiger partial charge in [0.15, 0.2) is 0 Å². The molecular weight excluding hydrogens is 600 g/mol. The van der Waals surface area contributed by atoms with E-state index in [4.69, 9.17) is 4.74 Å². The Labute approximate surface area is 252 Å². The Balaban J connectivity index is 1.36. The van der Waals surface area contributed by atoms with Crippen molar-refractivity contribution in [3.63, 3.8) is 0 Å². The van der Waals surface area contributed by atoms with Gasteiger partial charge < -0.3 is 4.74 Å². The number of unbranched alkanes of at least 4 members (excludes halogenated alkanes) is 8. The van der Waals surface area contributed by atoms with Crippen molar-refractivity contribution in [2.45, 2.75) is 171 Å². The van der Waals surface area contributed by atoms with Crippen LogP contribution in [0.3, 0.4) is 0 Å². The van der Waals surface area contributed by atoms with Gasteiger partial charge in [-0.2, -0.15) is 0 Å². The summed E-state index contributed by atoms with van der Waals surface area (Å²) >= 11 is 8.63. The molecule has 0 aromatic carbocycles. The molecule has 220 valence electrons. The molecule has 0 bridgehead atoms. The Kier molecular flexibility index (Phi) is 11.2. The van der Waals surface area contributed by atoms with E-state index in [1.807, 2.05) is 0 Å². The Hall–Kier alpha value is 0.430. The molecular formula is C34H58Br2O2. The molecule has 38 heavy (non-hydrogen) atoms. The summed E-state index contributed by atoms with van der Waals surface area (Å²) in [7, 11) is 0. The van der Waals surface area contributed by atoms with Crippen LogP contribution < -0.4 is 0 Å². The molecule has 4 aliphatic rings. The molecule has 0 spiro atoms. The third-order valence-electron chi connectivity index (χ3n) is 12.3. The number of rotatable bonds is 13. The Morgan fingerprint density at radius 2 is 1.53 bits per heavy atom.